The third kappa shape index (κ3) is 1.18. The van der Waals surface area contributed by atoms with Gasteiger partial charge in [-0.15, -0.1) is 0 Å². The van der Waals surface area contributed by atoms with Gasteiger partial charge in [0.2, 0.25) is 23.1 Å². The van der Waals surface area contributed by atoms with Crippen LogP contribution in [0.3, 0.4) is 0 Å². The van der Waals surface area contributed by atoms with Gasteiger partial charge >= 0.3 is 0 Å². The zero-order valence-electron chi connectivity index (χ0n) is 11.2. The van der Waals surface area contributed by atoms with Crippen molar-refractivity contribution in [2.24, 2.45) is 0 Å². The molecule has 6 heteroatoms. The van der Waals surface area contributed by atoms with Crippen LogP contribution in [0.5, 0.6) is 0 Å². The molecular formula is C12H18O6. The SMILES string of the molecule is CC12O[C@@]3(C)OC(C)(O[C@@]3(C)O1)[C@@](C)(O)CC2=O. The fourth-order valence-corrected chi connectivity index (χ4v) is 2.91. The van der Waals surface area contributed by atoms with Gasteiger partial charge in [-0.1, -0.05) is 0 Å². The van der Waals surface area contributed by atoms with E-state index in [9.17, 15) is 9.90 Å². The van der Waals surface area contributed by atoms with Crippen LogP contribution in [0.4, 0.5) is 0 Å². The van der Waals surface area contributed by atoms with Crippen LogP contribution in [0.1, 0.15) is 41.0 Å². The molecule has 4 heterocycles. The number of fused-ring (bicyclic) bond motifs is 2. The van der Waals surface area contributed by atoms with E-state index in [0.29, 0.717) is 0 Å². The van der Waals surface area contributed by atoms with Gasteiger partial charge < -0.3 is 24.1 Å². The molecule has 4 aliphatic heterocycles. The first-order valence-corrected chi connectivity index (χ1v) is 6.02. The summed E-state index contributed by atoms with van der Waals surface area (Å²) in [6.45, 7) is 7.94. The molecule has 0 saturated carbocycles. The number of aliphatic hydroxyl groups is 1. The highest BCUT2D eigenvalue weighted by molar-refractivity contribution is 5.87. The molecule has 0 radical (unpaired) electrons. The molecule has 0 spiro atoms. The van der Waals surface area contributed by atoms with Crippen molar-refractivity contribution in [2.45, 2.75) is 69.8 Å². The predicted molar refractivity (Wildman–Crippen MR) is 58.2 cm³/mol. The second-order valence-corrected chi connectivity index (χ2v) is 6.06. The molecular weight excluding hydrogens is 240 g/mol. The van der Waals surface area contributed by atoms with E-state index in [1.54, 1.807) is 20.8 Å². The Bertz CT molecular complexity index is 424. The van der Waals surface area contributed by atoms with Crippen LogP contribution in [0, 0.1) is 0 Å². The third-order valence-electron chi connectivity index (χ3n) is 4.37. The number of hydrogen-bond donors (Lipinski definition) is 1. The topological polar surface area (TPSA) is 74.2 Å². The Kier molecular flexibility index (Phi) is 1.95. The summed E-state index contributed by atoms with van der Waals surface area (Å²) in [6, 6.07) is 0. The number of ketones is 1. The van der Waals surface area contributed by atoms with Gasteiger partial charge in [0.1, 0.15) is 5.60 Å². The van der Waals surface area contributed by atoms with Crippen LogP contribution in [0.15, 0.2) is 0 Å². The summed E-state index contributed by atoms with van der Waals surface area (Å²) in [5.74, 6) is -5.57. The fourth-order valence-electron chi connectivity index (χ4n) is 2.91. The fraction of sp³-hybridized carbons (Fsp3) is 0.917. The number of ether oxygens (including phenoxy) is 4. The first kappa shape index (κ1) is 12.5. The molecule has 4 saturated heterocycles. The average molecular weight is 258 g/mol. The highest BCUT2D eigenvalue weighted by Crippen LogP contribution is 2.59. The van der Waals surface area contributed by atoms with Crippen LogP contribution < -0.4 is 0 Å². The quantitative estimate of drug-likeness (QED) is 0.688. The summed E-state index contributed by atoms with van der Waals surface area (Å²) in [7, 11) is 0. The summed E-state index contributed by atoms with van der Waals surface area (Å²) in [5.41, 5.74) is -1.45. The highest BCUT2D eigenvalue weighted by atomic mass is 17.0. The van der Waals surface area contributed by atoms with E-state index >= 15 is 0 Å². The highest BCUT2D eigenvalue weighted by Gasteiger charge is 2.77. The van der Waals surface area contributed by atoms with Crippen LogP contribution in [0.25, 0.3) is 0 Å². The van der Waals surface area contributed by atoms with Gasteiger partial charge in [-0.2, -0.15) is 0 Å². The lowest BCUT2D eigenvalue weighted by Gasteiger charge is -2.43. The molecule has 0 amide bonds. The van der Waals surface area contributed by atoms with Crippen LogP contribution >= 0.6 is 0 Å². The van der Waals surface area contributed by atoms with Gasteiger partial charge in [0.05, 0.1) is 0 Å². The average Bonchev–Trinajstić information content (AvgIpc) is 2.42. The monoisotopic (exact) mass is 258 g/mol. The van der Waals surface area contributed by atoms with Crippen molar-refractivity contribution in [1.29, 1.82) is 0 Å². The normalized spacial score (nSPS) is 63.1. The first-order valence-electron chi connectivity index (χ1n) is 6.02. The molecule has 18 heavy (non-hydrogen) atoms. The van der Waals surface area contributed by atoms with Gasteiger partial charge in [-0.05, 0) is 34.6 Å². The van der Waals surface area contributed by atoms with Gasteiger partial charge in [-0.25, -0.2) is 0 Å². The molecule has 4 aliphatic rings. The molecule has 4 fully saturated rings. The summed E-state index contributed by atoms with van der Waals surface area (Å²) in [6.07, 6.45) is -0.161. The molecule has 0 aromatic rings. The molecule has 4 rings (SSSR count). The lowest BCUT2D eigenvalue weighted by Crippen LogP contribution is -2.59. The summed E-state index contributed by atoms with van der Waals surface area (Å²) in [4.78, 5) is 12.2. The Morgan fingerprint density at radius 3 is 1.78 bits per heavy atom. The maximum atomic E-state index is 12.2. The van der Waals surface area contributed by atoms with Crippen LogP contribution in [-0.2, 0) is 23.7 Å². The van der Waals surface area contributed by atoms with Crippen molar-refractivity contribution >= 4 is 5.78 Å². The minimum Gasteiger partial charge on any atom is -0.384 e. The van der Waals surface area contributed by atoms with E-state index < -0.39 is 28.7 Å². The molecule has 1 N–H and O–H groups in total. The van der Waals surface area contributed by atoms with Crippen molar-refractivity contribution in [1.82, 2.24) is 0 Å². The van der Waals surface area contributed by atoms with Gasteiger partial charge in [0.15, 0.2) is 5.78 Å². The third-order valence-corrected chi connectivity index (χ3v) is 4.37. The van der Waals surface area contributed by atoms with Crippen LogP contribution in [-0.4, -0.2) is 39.6 Å². The first-order chi connectivity index (χ1) is 7.96. The van der Waals surface area contributed by atoms with E-state index in [0.717, 1.165) is 0 Å². The number of carbonyl (C=O) groups is 1. The zero-order valence-corrected chi connectivity index (χ0v) is 11.2. The van der Waals surface area contributed by atoms with E-state index in [2.05, 4.69) is 0 Å². The van der Waals surface area contributed by atoms with Crippen molar-refractivity contribution < 1.29 is 28.8 Å². The maximum absolute atomic E-state index is 12.2. The molecule has 5 atom stereocenters. The summed E-state index contributed by atoms with van der Waals surface area (Å²) < 4.78 is 22.9. The minimum absolute atomic E-state index is 0.161. The second kappa shape index (κ2) is 2.81. The van der Waals surface area contributed by atoms with E-state index in [-0.39, 0.29) is 12.2 Å². The molecule has 0 aliphatic carbocycles. The Morgan fingerprint density at radius 2 is 1.33 bits per heavy atom. The molecule has 0 aromatic carbocycles. The number of rotatable bonds is 0. The smallest absolute Gasteiger partial charge is 0.231 e. The number of carbonyl (C=O) groups excluding carboxylic acids is 1. The Balaban J connectivity index is 2.19. The maximum Gasteiger partial charge on any atom is 0.231 e. The molecule has 2 unspecified atom stereocenters. The lowest BCUT2D eigenvalue weighted by molar-refractivity contribution is -0.364. The largest absolute Gasteiger partial charge is 0.384 e. The van der Waals surface area contributed by atoms with E-state index in [1.807, 2.05) is 0 Å². The van der Waals surface area contributed by atoms with Crippen LogP contribution in [0.2, 0.25) is 0 Å². The van der Waals surface area contributed by atoms with E-state index in [1.165, 1.54) is 13.8 Å². The van der Waals surface area contributed by atoms with Gasteiger partial charge in [-0.3, -0.25) is 4.79 Å². The molecule has 0 aromatic heterocycles. The number of Topliss-reactive ketones (excluding diaryl/α,β-unsaturated/α-hetero) is 1. The lowest BCUT2D eigenvalue weighted by atomic mass is 9.88. The predicted octanol–water partition coefficient (Wildman–Crippen LogP) is 0.669. The van der Waals surface area contributed by atoms with E-state index in [4.69, 9.17) is 18.9 Å². The Morgan fingerprint density at radius 1 is 0.889 bits per heavy atom. The molecule has 6 nitrogen and oxygen atoms in total. The second-order valence-electron chi connectivity index (χ2n) is 6.06. The number of hydrogen-bond acceptors (Lipinski definition) is 6. The summed E-state index contributed by atoms with van der Waals surface area (Å²) >= 11 is 0. The van der Waals surface area contributed by atoms with Gasteiger partial charge in [0, 0.05) is 6.42 Å². The van der Waals surface area contributed by atoms with Crippen molar-refractivity contribution in [2.75, 3.05) is 0 Å². The minimum atomic E-state index is -1.45. The van der Waals surface area contributed by atoms with Gasteiger partial charge in [0.25, 0.3) is 0 Å². The molecule has 4 bridgehead atoms. The van der Waals surface area contributed by atoms with Crippen molar-refractivity contribution in [3.05, 3.63) is 0 Å². The Labute approximate surface area is 105 Å². The van der Waals surface area contributed by atoms with Crippen molar-refractivity contribution in [3.8, 4) is 0 Å². The standard InChI is InChI=1S/C12H18O6/c1-8(14)6-7(13)9(2)15-11(4)12(5,16-9)18-10(8,3)17-11/h14H,6H2,1-5H3/t8-,9?,10?,11-,12+/m0/s1. The Hall–Kier alpha value is -0.530. The zero-order chi connectivity index (χ0) is 13.6. The molecule has 102 valence electrons. The van der Waals surface area contributed by atoms with Crippen molar-refractivity contribution in [3.63, 3.8) is 0 Å². The summed E-state index contributed by atoms with van der Waals surface area (Å²) in [5, 5.41) is 10.5.